The Morgan fingerprint density at radius 2 is 1.89 bits per heavy atom. The van der Waals surface area contributed by atoms with Crippen molar-refractivity contribution in [3.8, 4) is 0 Å². The van der Waals surface area contributed by atoms with Crippen molar-refractivity contribution in [2.75, 3.05) is 0 Å². The van der Waals surface area contributed by atoms with Crippen molar-refractivity contribution in [1.82, 2.24) is 0 Å². The van der Waals surface area contributed by atoms with E-state index in [9.17, 15) is 4.79 Å². The van der Waals surface area contributed by atoms with Gasteiger partial charge in [0.1, 0.15) is 6.10 Å². The van der Waals surface area contributed by atoms with Gasteiger partial charge in [0, 0.05) is 0 Å². The summed E-state index contributed by atoms with van der Waals surface area (Å²) in [6.07, 6.45) is 7.15. The van der Waals surface area contributed by atoms with Crippen molar-refractivity contribution < 1.29 is 9.53 Å². The zero-order valence-electron chi connectivity index (χ0n) is 12.0. The molecule has 2 nitrogen and oxygen atoms in total. The van der Waals surface area contributed by atoms with Crippen LogP contribution >= 0.6 is 0 Å². The van der Waals surface area contributed by atoms with Crippen molar-refractivity contribution in [2.24, 2.45) is 0 Å². The molecule has 1 atom stereocenters. The number of rotatable bonds is 2. The maximum atomic E-state index is 12.0. The summed E-state index contributed by atoms with van der Waals surface area (Å²) in [6.45, 7) is 6.48. The van der Waals surface area contributed by atoms with Crippen molar-refractivity contribution in [1.29, 1.82) is 0 Å². The fraction of sp³-hybridized carbons (Fsp3) is 0.471. The molecule has 2 heteroatoms. The summed E-state index contributed by atoms with van der Waals surface area (Å²) in [5.41, 5.74) is 1.96. The zero-order valence-corrected chi connectivity index (χ0v) is 12.0. The number of carbonyl (C=O) groups excluding carboxylic acids is 1. The highest BCUT2D eigenvalue weighted by molar-refractivity contribution is 5.89. The van der Waals surface area contributed by atoms with Crippen LogP contribution in [0.25, 0.3) is 0 Å². The fourth-order valence-corrected chi connectivity index (χ4v) is 2.19. The van der Waals surface area contributed by atoms with Gasteiger partial charge in [-0.3, -0.25) is 0 Å². The molecular formula is C17H22O2. The van der Waals surface area contributed by atoms with E-state index in [0.717, 1.165) is 19.3 Å². The number of ether oxygens (including phenoxy) is 1. The van der Waals surface area contributed by atoms with E-state index in [1.165, 1.54) is 5.56 Å². The number of hydrogen-bond donors (Lipinski definition) is 0. The lowest BCUT2D eigenvalue weighted by molar-refractivity contribution is 0.0370. The summed E-state index contributed by atoms with van der Waals surface area (Å²) in [5, 5.41) is 0. The van der Waals surface area contributed by atoms with E-state index >= 15 is 0 Å². The van der Waals surface area contributed by atoms with E-state index in [2.05, 4.69) is 26.8 Å². The number of carbonyl (C=O) groups is 1. The van der Waals surface area contributed by atoms with Crippen molar-refractivity contribution in [3.63, 3.8) is 0 Å². The summed E-state index contributed by atoms with van der Waals surface area (Å²) < 4.78 is 5.48. The van der Waals surface area contributed by atoms with E-state index in [1.807, 2.05) is 30.3 Å². The molecular weight excluding hydrogens is 236 g/mol. The van der Waals surface area contributed by atoms with Crippen molar-refractivity contribution >= 4 is 5.97 Å². The molecule has 0 amide bonds. The molecule has 0 saturated carbocycles. The Kier molecular flexibility index (Phi) is 4.08. The van der Waals surface area contributed by atoms with Gasteiger partial charge in [0.25, 0.3) is 0 Å². The third kappa shape index (κ3) is 3.69. The van der Waals surface area contributed by atoms with Crippen LogP contribution in [-0.2, 0) is 10.2 Å². The molecule has 1 aromatic rings. The Morgan fingerprint density at radius 3 is 2.42 bits per heavy atom. The standard InChI is InChI=1S/C17H22O2/c1-17(2,3)14-11-9-13(10-12-14)16(18)19-15-7-5-4-6-8-15/h5,7,9-12,15H,4,6,8H2,1-3H3. The van der Waals surface area contributed by atoms with Gasteiger partial charge in [-0.1, -0.05) is 39.0 Å². The minimum Gasteiger partial charge on any atom is -0.455 e. The summed E-state index contributed by atoms with van der Waals surface area (Å²) in [5.74, 6) is -0.225. The highest BCUT2D eigenvalue weighted by Crippen LogP contribution is 2.23. The van der Waals surface area contributed by atoms with Crippen LogP contribution in [0, 0.1) is 0 Å². The van der Waals surface area contributed by atoms with Gasteiger partial charge in [-0.2, -0.15) is 0 Å². The van der Waals surface area contributed by atoms with E-state index < -0.39 is 0 Å². The van der Waals surface area contributed by atoms with Gasteiger partial charge in [-0.25, -0.2) is 4.79 Å². The lowest BCUT2D eigenvalue weighted by Gasteiger charge is -2.20. The number of benzene rings is 1. The zero-order chi connectivity index (χ0) is 13.9. The van der Waals surface area contributed by atoms with Crippen LogP contribution in [0.15, 0.2) is 36.4 Å². The summed E-state index contributed by atoms with van der Waals surface area (Å²) in [7, 11) is 0. The second-order valence-corrected chi connectivity index (χ2v) is 6.13. The average molecular weight is 258 g/mol. The van der Waals surface area contributed by atoms with Gasteiger partial charge in [-0.05, 0) is 48.4 Å². The third-order valence-electron chi connectivity index (χ3n) is 3.46. The molecule has 0 fully saturated rings. The lowest BCUT2D eigenvalue weighted by atomic mass is 9.87. The third-order valence-corrected chi connectivity index (χ3v) is 3.46. The first-order valence-electron chi connectivity index (χ1n) is 6.95. The molecule has 1 aliphatic rings. The normalized spacial score (nSPS) is 19.2. The van der Waals surface area contributed by atoms with E-state index in [4.69, 9.17) is 4.74 Å². The Balaban J connectivity index is 2.03. The fourth-order valence-electron chi connectivity index (χ4n) is 2.19. The van der Waals surface area contributed by atoms with Crippen LogP contribution in [-0.4, -0.2) is 12.1 Å². The van der Waals surface area contributed by atoms with Gasteiger partial charge in [0.2, 0.25) is 0 Å². The van der Waals surface area contributed by atoms with Crippen LogP contribution in [0.1, 0.15) is 56.0 Å². The second-order valence-electron chi connectivity index (χ2n) is 6.13. The first-order valence-corrected chi connectivity index (χ1v) is 6.95. The summed E-state index contributed by atoms with van der Waals surface area (Å²) >= 11 is 0. The van der Waals surface area contributed by atoms with Gasteiger partial charge in [0.15, 0.2) is 0 Å². The maximum absolute atomic E-state index is 12.0. The van der Waals surface area contributed by atoms with E-state index in [1.54, 1.807) is 0 Å². The topological polar surface area (TPSA) is 26.3 Å². The quantitative estimate of drug-likeness (QED) is 0.585. The Bertz CT molecular complexity index is 463. The van der Waals surface area contributed by atoms with Crippen LogP contribution in [0.5, 0.6) is 0 Å². The Hall–Kier alpha value is -1.57. The molecule has 0 bridgehead atoms. The molecule has 2 rings (SSSR count). The number of esters is 1. The molecule has 1 aliphatic carbocycles. The first kappa shape index (κ1) is 13.9. The summed E-state index contributed by atoms with van der Waals surface area (Å²) in [6, 6.07) is 7.73. The Labute approximate surface area is 115 Å². The van der Waals surface area contributed by atoms with Gasteiger partial charge in [-0.15, -0.1) is 0 Å². The first-order chi connectivity index (χ1) is 8.97. The van der Waals surface area contributed by atoms with E-state index in [0.29, 0.717) is 5.56 Å². The second kappa shape index (κ2) is 5.60. The predicted molar refractivity (Wildman–Crippen MR) is 77.3 cm³/mol. The number of hydrogen-bond acceptors (Lipinski definition) is 2. The van der Waals surface area contributed by atoms with Crippen LogP contribution in [0.4, 0.5) is 0 Å². The SMILES string of the molecule is CC(C)(C)c1ccc(C(=O)OC2C=CCCC2)cc1. The van der Waals surface area contributed by atoms with Crippen LogP contribution in [0.2, 0.25) is 0 Å². The summed E-state index contributed by atoms with van der Waals surface area (Å²) in [4.78, 5) is 12.0. The molecule has 1 aromatic carbocycles. The molecule has 0 spiro atoms. The van der Waals surface area contributed by atoms with Crippen LogP contribution in [0.3, 0.4) is 0 Å². The van der Waals surface area contributed by atoms with Gasteiger partial charge in [0.05, 0.1) is 5.56 Å². The lowest BCUT2D eigenvalue weighted by Crippen LogP contribution is -2.18. The molecule has 102 valence electrons. The monoisotopic (exact) mass is 258 g/mol. The van der Waals surface area contributed by atoms with Gasteiger partial charge < -0.3 is 4.74 Å². The average Bonchev–Trinajstić information content (AvgIpc) is 2.39. The number of allylic oxidation sites excluding steroid dienone is 1. The molecule has 0 radical (unpaired) electrons. The molecule has 1 unspecified atom stereocenters. The largest absolute Gasteiger partial charge is 0.455 e. The minimum absolute atomic E-state index is 0.0523. The smallest absolute Gasteiger partial charge is 0.338 e. The predicted octanol–water partition coefficient (Wildman–Crippen LogP) is 4.25. The molecule has 0 heterocycles. The molecule has 19 heavy (non-hydrogen) atoms. The van der Waals surface area contributed by atoms with Crippen LogP contribution < -0.4 is 0 Å². The molecule has 0 N–H and O–H groups in total. The van der Waals surface area contributed by atoms with Gasteiger partial charge >= 0.3 is 5.97 Å². The highest BCUT2D eigenvalue weighted by atomic mass is 16.5. The maximum Gasteiger partial charge on any atom is 0.338 e. The van der Waals surface area contributed by atoms with E-state index in [-0.39, 0.29) is 17.5 Å². The molecule has 0 aliphatic heterocycles. The molecule has 0 aromatic heterocycles. The van der Waals surface area contributed by atoms with Crippen molar-refractivity contribution in [2.45, 2.75) is 51.6 Å². The Morgan fingerprint density at radius 1 is 1.21 bits per heavy atom. The van der Waals surface area contributed by atoms with Crippen molar-refractivity contribution in [3.05, 3.63) is 47.5 Å². The molecule has 0 saturated heterocycles. The highest BCUT2D eigenvalue weighted by Gasteiger charge is 2.17. The minimum atomic E-state index is -0.225.